The number of thiophene rings is 1. The van der Waals surface area contributed by atoms with E-state index in [1.54, 1.807) is 0 Å². The Balaban J connectivity index is 1.57. The smallest absolute Gasteiger partial charge is 0.351 e. The molecule has 1 saturated carbocycles. The van der Waals surface area contributed by atoms with Crippen molar-refractivity contribution in [3.63, 3.8) is 0 Å². The molecule has 1 atom stereocenters. The van der Waals surface area contributed by atoms with Crippen molar-refractivity contribution in [2.45, 2.75) is 54.1 Å². The highest BCUT2D eigenvalue weighted by molar-refractivity contribution is 7.91. The van der Waals surface area contributed by atoms with Gasteiger partial charge in [-0.1, -0.05) is 11.7 Å². The van der Waals surface area contributed by atoms with Gasteiger partial charge >= 0.3 is 6.18 Å². The number of rotatable bonds is 5. The summed E-state index contributed by atoms with van der Waals surface area (Å²) in [6, 6.07) is 3.44. The Bertz CT molecular complexity index is 1100. The minimum atomic E-state index is -4.67. The lowest BCUT2D eigenvalue weighted by Gasteiger charge is -2.53. The topological polar surface area (TPSA) is 92.5 Å². The average Bonchev–Trinajstić information content (AvgIpc) is 3.35. The number of hydrogen-bond acceptors (Lipinski definition) is 6. The van der Waals surface area contributed by atoms with Gasteiger partial charge in [0.05, 0.1) is 4.88 Å². The van der Waals surface area contributed by atoms with E-state index in [-0.39, 0.29) is 33.3 Å². The van der Waals surface area contributed by atoms with Crippen molar-refractivity contribution < 1.29 is 30.9 Å². The lowest BCUT2D eigenvalue weighted by molar-refractivity contribution is -0.155. The second-order valence-electron chi connectivity index (χ2n) is 7.75. The van der Waals surface area contributed by atoms with Gasteiger partial charge < -0.3 is 9.84 Å². The summed E-state index contributed by atoms with van der Waals surface area (Å²) in [4.78, 5) is 11.9. The first kappa shape index (κ1) is 22.0. The van der Waals surface area contributed by atoms with Crippen LogP contribution in [-0.4, -0.2) is 41.9 Å². The van der Waals surface area contributed by atoms with Gasteiger partial charge in [0.1, 0.15) is 9.90 Å². The molecule has 2 aromatic heterocycles. The molecule has 0 aromatic carbocycles. The van der Waals surface area contributed by atoms with E-state index >= 15 is 0 Å². The van der Waals surface area contributed by atoms with Gasteiger partial charge in [-0.25, -0.2) is 8.42 Å². The van der Waals surface area contributed by atoms with Crippen LogP contribution in [0.5, 0.6) is 0 Å². The zero-order chi connectivity index (χ0) is 22.4. The molecule has 0 bridgehead atoms. The van der Waals surface area contributed by atoms with Crippen LogP contribution in [0.2, 0.25) is 0 Å². The van der Waals surface area contributed by atoms with Gasteiger partial charge in [-0.15, -0.1) is 11.3 Å². The third-order valence-electron chi connectivity index (χ3n) is 5.82. The zero-order valence-corrected chi connectivity index (χ0v) is 17.9. The summed E-state index contributed by atoms with van der Waals surface area (Å²) in [6.45, 7) is 3.69. The minimum Gasteiger partial charge on any atom is -0.351 e. The molecule has 168 valence electrons. The molecule has 7 nitrogen and oxygen atoms in total. The van der Waals surface area contributed by atoms with Crippen LogP contribution in [-0.2, 0) is 21.0 Å². The molecule has 2 fully saturated rings. The number of alkyl halides is 3. The van der Waals surface area contributed by atoms with Crippen LogP contribution in [0.4, 0.5) is 13.2 Å². The lowest BCUT2D eigenvalue weighted by atomic mass is 9.70. The normalized spacial score (nSPS) is 21.6. The number of piperidine rings is 1. The van der Waals surface area contributed by atoms with E-state index in [2.05, 4.69) is 21.6 Å². The SMILES string of the molecule is C=CC(=O)NC1CCN(S(=O)(=O)c2ccc(-c3cc(C(F)(F)F)on3)s2)C2(CCC2)C1. The molecule has 2 aliphatic rings. The summed E-state index contributed by atoms with van der Waals surface area (Å²) in [6.07, 6.45) is -0.203. The van der Waals surface area contributed by atoms with Crippen LogP contribution < -0.4 is 5.32 Å². The van der Waals surface area contributed by atoms with Crippen LogP contribution in [0.1, 0.15) is 37.9 Å². The van der Waals surface area contributed by atoms with Gasteiger partial charge in [-0.3, -0.25) is 4.79 Å². The van der Waals surface area contributed by atoms with Gasteiger partial charge in [-0.2, -0.15) is 17.5 Å². The Morgan fingerprint density at radius 1 is 1.39 bits per heavy atom. The van der Waals surface area contributed by atoms with Gasteiger partial charge in [0, 0.05) is 24.2 Å². The number of carbonyl (C=O) groups excluding carboxylic acids is 1. The van der Waals surface area contributed by atoms with Crippen molar-refractivity contribution in [3.8, 4) is 10.6 Å². The molecule has 31 heavy (non-hydrogen) atoms. The highest BCUT2D eigenvalue weighted by atomic mass is 32.2. The Kier molecular flexibility index (Phi) is 5.51. The number of aromatic nitrogens is 1. The minimum absolute atomic E-state index is 0.0407. The summed E-state index contributed by atoms with van der Waals surface area (Å²) in [7, 11) is -3.86. The average molecular weight is 476 g/mol. The van der Waals surface area contributed by atoms with Crippen LogP contribution in [0.25, 0.3) is 10.6 Å². The summed E-state index contributed by atoms with van der Waals surface area (Å²) in [5, 5.41) is 6.28. The zero-order valence-electron chi connectivity index (χ0n) is 16.3. The first-order valence-corrected chi connectivity index (χ1v) is 11.9. The largest absolute Gasteiger partial charge is 0.452 e. The Morgan fingerprint density at radius 2 is 2.13 bits per heavy atom. The number of nitrogens with one attached hydrogen (secondary N) is 1. The first-order valence-electron chi connectivity index (χ1n) is 9.65. The fourth-order valence-electron chi connectivity index (χ4n) is 4.20. The molecule has 1 saturated heterocycles. The molecule has 1 amide bonds. The lowest BCUT2D eigenvalue weighted by Crippen LogP contribution is -2.62. The Labute approximate surface area is 181 Å². The molecule has 3 heterocycles. The van der Waals surface area contributed by atoms with Crippen LogP contribution in [0, 0.1) is 0 Å². The van der Waals surface area contributed by atoms with Crippen molar-refractivity contribution in [1.82, 2.24) is 14.8 Å². The van der Waals surface area contributed by atoms with Crippen LogP contribution in [0.15, 0.2) is 39.6 Å². The van der Waals surface area contributed by atoms with Gasteiger partial charge in [-0.05, 0) is 50.3 Å². The van der Waals surface area contributed by atoms with Crippen LogP contribution >= 0.6 is 11.3 Å². The molecule has 1 spiro atoms. The molecule has 4 rings (SSSR count). The molecular formula is C19H20F3N3O4S2. The maximum atomic E-state index is 13.4. The molecule has 1 aliphatic carbocycles. The number of amides is 1. The molecule has 1 aliphatic heterocycles. The molecule has 0 radical (unpaired) electrons. The van der Waals surface area contributed by atoms with Gasteiger partial charge in [0.15, 0.2) is 0 Å². The number of sulfonamides is 1. The van der Waals surface area contributed by atoms with Crippen molar-refractivity contribution in [2.24, 2.45) is 0 Å². The Morgan fingerprint density at radius 3 is 2.71 bits per heavy atom. The molecule has 1 N–H and O–H groups in total. The second kappa shape index (κ2) is 7.75. The molecule has 1 unspecified atom stereocenters. The van der Waals surface area contributed by atoms with E-state index in [9.17, 15) is 26.4 Å². The number of hydrogen-bond donors (Lipinski definition) is 1. The standard InChI is InChI=1S/C19H20F3N3O4S2/c1-2-16(26)23-12-6-9-25(18(11-12)7-3-8-18)31(27,28)17-5-4-14(30-17)13-10-15(29-24-13)19(20,21)22/h2,4-5,10,12H,1,3,6-9,11H2,(H,23,26). The summed E-state index contributed by atoms with van der Waals surface area (Å²) in [5.74, 6) is -1.53. The highest BCUT2D eigenvalue weighted by Crippen LogP contribution is 2.48. The van der Waals surface area contributed by atoms with Gasteiger partial charge in [0.25, 0.3) is 10.0 Å². The van der Waals surface area contributed by atoms with Crippen molar-refractivity contribution in [1.29, 1.82) is 0 Å². The highest BCUT2D eigenvalue weighted by Gasteiger charge is 2.52. The first-order chi connectivity index (χ1) is 14.5. The number of carbonyl (C=O) groups is 1. The van der Waals surface area contributed by atoms with Crippen molar-refractivity contribution in [3.05, 3.63) is 36.6 Å². The molecule has 2 aromatic rings. The predicted molar refractivity (Wildman–Crippen MR) is 107 cm³/mol. The van der Waals surface area contributed by atoms with E-state index < -0.39 is 27.5 Å². The number of halogens is 3. The third-order valence-corrected chi connectivity index (χ3v) is 9.40. The molecule has 12 heteroatoms. The van der Waals surface area contributed by atoms with Gasteiger partial charge in [0.2, 0.25) is 11.7 Å². The monoisotopic (exact) mass is 475 g/mol. The maximum absolute atomic E-state index is 13.4. The quantitative estimate of drug-likeness (QED) is 0.664. The van der Waals surface area contributed by atoms with Crippen molar-refractivity contribution in [2.75, 3.05) is 6.54 Å². The third kappa shape index (κ3) is 4.03. The van der Waals surface area contributed by atoms with E-state index in [1.165, 1.54) is 22.5 Å². The fourth-order valence-corrected chi connectivity index (χ4v) is 7.42. The van der Waals surface area contributed by atoms with E-state index in [4.69, 9.17) is 0 Å². The fraction of sp³-hybridized carbons (Fsp3) is 0.474. The second-order valence-corrected chi connectivity index (χ2v) is 10.9. The van der Waals surface area contributed by atoms with E-state index in [0.717, 1.165) is 23.8 Å². The van der Waals surface area contributed by atoms with Crippen molar-refractivity contribution >= 4 is 27.3 Å². The number of nitrogens with zero attached hydrogens (tertiary/aromatic N) is 2. The predicted octanol–water partition coefficient (Wildman–Crippen LogP) is 3.80. The molecular weight excluding hydrogens is 455 g/mol. The maximum Gasteiger partial charge on any atom is 0.452 e. The van der Waals surface area contributed by atoms with E-state index in [1.807, 2.05) is 0 Å². The summed E-state index contributed by atoms with van der Waals surface area (Å²) >= 11 is 0.858. The van der Waals surface area contributed by atoms with Crippen LogP contribution in [0.3, 0.4) is 0 Å². The summed E-state index contributed by atoms with van der Waals surface area (Å²) < 4.78 is 70.9. The van der Waals surface area contributed by atoms with E-state index in [0.29, 0.717) is 25.7 Å². The summed E-state index contributed by atoms with van der Waals surface area (Å²) in [5.41, 5.74) is -0.625. The Hall–Kier alpha value is -2.18.